The van der Waals surface area contributed by atoms with Gasteiger partial charge in [-0.2, -0.15) is 23.0 Å². The summed E-state index contributed by atoms with van der Waals surface area (Å²) in [5.74, 6) is 0. The van der Waals surface area contributed by atoms with Crippen molar-refractivity contribution in [3.05, 3.63) is 101 Å². The number of nitrogens with zero attached hydrogens (tertiary/aromatic N) is 5. The van der Waals surface area contributed by atoms with Crippen molar-refractivity contribution in [1.82, 2.24) is 24.1 Å². The first-order valence-electron chi connectivity index (χ1n) is 10.9. The molecule has 5 aromatic rings. The van der Waals surface area contributed by atoms with Crippen molar-refractivity contribution < 1.29 is 23.2 Å². The van der Waals surface area contributed by atoms with E-state index in [0.29, 0.717) is 16.1 Å². The van der Waals surface area contributed by atoms with Gasteiger partial charge >= 0.3 is 12.2 Å². The van der Waals surface area contributed by atoms with E-state index in [-0.39, 0.29) is 22.4 Å². The highest BCUT2D eigenvalue weighted by Gasteiger charge is 2.31. The van der Waals surface area contributed by atoms with Crippen molar-refractivity contribution >= 4 is 28.4 Å². The monoisotopic (exact) mass is 522 g/mol. The number of amides is 2. The number of fused-ring (bicyclic) bond motifs is 1. The maximum atomic E-state index is 13.3. The summed E-state index contributed by atoms with van der Waals surface area (Å²) >= 11 is 0. The summed E-state index contributed by atoms with van der Waals surface area (Å²) in [5, 5.41) is 26.5. The highest BCUT2D eigenvalue weighted by Crippen LogP contribution is 2.33. The molecule has 3 heterocycles. The van der Waals surface area contributed by atoms with Crippen LogP contribution in [-0.4, -0.2) is 35.3 Å². The topological polar surface area (TPSA) is 143 Å². The Kier molecular flexibility index (Phi) is 5.91. The van der Waals surface area contributed by atoms with Crippen LogP contribution >= 0.6 is 0 Å². The van der Waals surface area contributed by atoms with Gasteiger partial charge in [0.15, 0.2) is 16.6 Å². The van der Waals surface area contributed by atoms with Crippen molar-refractivity contribution in [2.24, 2.45) is 0 Å². The highest BCUT2D eigenvalue weighted by molar-refractivity contribution is 6.01. The molecule has 4 N–H and O–H groups in total. The molecule has 192 valence electrons. The molecule has 0 aliphatic carbocycles. The number of benzene rings is 2. The van der Waals surface area contributed by atoms with E-state index in [2.05, 4.69) is 20.7 Å². The van der Waals surface area contributed by atoms with E-state index in [4.69, 9.17) is 5.41 Å². The van der Waals surface area contributed by atoms with Crippen LogP contribution in [0.25, 0.3) is 22.4 Å². The van der Waals surface area contributed by atoms with Crippen LogP contribution < -0.4 is 21.6 Å². The van der Waals surface area contributed by atoms with E-state index in [0.717, 1.165) is 18.5 Å². The smallest absolute Gasteiger partial charge is 0.416 e. The van der Waals surface area contributed by atoms with Crippen LogP contribution in [0.4, 0.5) is 29.3 Å². The lowest BCUT2D eigenvalue weighted by Gasteiger charge is -2.15. The zero-order valence-corrected chi connectivity index (χ0v) is 19.1. The van der Waals surface area contributed by atoms with E-state index >= 15 is 0 Å². The van der Waals surface area contributed by atoms with Gasteiger partial charge in [-0.1, -0.05) is 0 Å². The number of anilines is 2. The number of carbonyl (C=O) groups is 1. The molecule has 0 spiro atoms. The van der Waals surface area contributed by atoms with Gasteiger partial charge in [0.2, 0.25) is 0 Å². The molecule has 0 atom stereocenters. The minimum absolute atomic E-state index is 0.0897. The number of aromatic nitrogens is 5. The van der Waals surface area contributed by atoms with Crippen LogP contribution in [0.3, 0.4) is 0 Å². The fourth-order valence-electron chi connectivity index (χ4n) is 3.78. The first kappa shape index (κ1) is 24.3. The Morgan fingerprint density at radius 3 is 2.47 bits per heavy atom. The Hall–Kier alpha value is -5.40. The predicted molar refractivity (Wildman–Crippen MR) is 130 cm³/mol. The third-order valence-corrected chi connectivity index (χ3v) is 5.56. The fraction of sp³-hybridized carbons (Fsp3) is 0.0417. The molecular formula is C24H17F3N8O3. The summed E-state index contributed by atoms with van der Waals surface area (Å²) in [6.45, 7) is 0. The summed E-state index contributed by atoms with van der Waals surface area (Å²) in [6, 6.07) is 11.3. The minimum atomic E-state index is -4.61. The molecule has 0 bridgehead atoms. The Balaban J connectivity index is 1.40. The van der Waals surface area contributed by atoms with Crippen LogP contribution in [0.5, 0.6) is 0 Å². The number of hydrogen-bond acceptors (Lipinski definition) is 6. The molecule has 5 rings (SSSR count). The zero-order chi connectivity index (χ0) is 27.0. The van der Waals surface area contributed by atoms with Gasteiger partial charge in [-0.15, -0.1) is 0 Å². The molecule has 14 heteroatoms. The molecule has 0 saturated carbocycles. The Labute approximate surface area is 210 Å². The van der Waals surface area contributed by atoms with Crippen LogP contribution in [0.1, 0.15) is 5.56 Å². The number of urea groups is 1. The average Bonchev–Trinajstić information content (AvgIpc) is 3.41. The first-order chi connectivity index (χ1) is 18.1. The second kappa shape index (κ2) is 9.24. The van der Waals surface area contributed by atoms with Gasteiger partial charge in [0.1, 0.15) is 11.7 Å². The second-order valence-electron chi connectivity index (χ2n) is 7.99. The van der Waals surface area contributed by atoms with Gasteiger partial charge in [0.25, 0.3) is 0 Å². The zero-order valence-electron chi connectivity index (χ0n) is 19.1. The molecular weight excluding hydrogens is 505 g/mol. The van der Waals surface area contributed by atoms with Crippen molar-refractivity contribution in [3.8, 4) is 11.4 Å². The quantitative estimate of drug-likeness (QED) is 0.266. The van der Waals surface area contributed by atoms with E-state index in [1.54, 1.807) is 18.2 Å². The molecule has 0 radical (unpaired) electrons. The average molecular weight is 522 g/mol. The number of rotatable bonds is 4. The maximum Gasteiger partial charge on any atom is 0.416 e. The summed E-state index contributed by atoms with van der Waals surface area (Å²) in [6.07, 6.45) is 0.829. The lowest BCUT2D eigenvalue weighted by Crippen LogP contribution is -2.25. The molecule has 0 saturated heterocycles. The fourth-order valence-corrected chi connectivity index (χ4v) is 3.78. The molecule has 0 fully saturated rings. The third kappa shape index (κ3) is 4.57. The van der Waals surface area contributed by atoms with Crippen molar-refractivity contribution in [3.63, 3.8) is 0 Å². The predicted octanol–water partition coefficient (Wildman–Crippen LogP) is 3.75. The number of halogens is 3. The van der Waals surface area contributed by atoms with Crippen LogP contribution in [-0.2, 0) is 6.18 Å². The van der Waals surface area contributed by atoms with Crippen LogP contribution in [0, 0.1) is 5.41 Å². The molecule has 0 aliphatic rings. The van der Waals surface area contributed by atoms with Gasteiger partial charge in [0, 0.05) is 36.0 Å². The van der Waals surface area contributed by atoms with E-state index in [9.17, 15) is 28.0 Å². The Morgan fingerprint density at radius 2 is 1.79 bits per heavy atom. The summed E-state index contributed by atoms with van der Waals surface area (Å²) in [5.41, 5.74) is -0.710. The van der Waals surface area contributed by atoms with Crippen LogP contribution in [0.15, 0.2) is 84.3 Å². The molecule has 0 aliphatic heterocycles. The molecule has 2 aromatic carbocycles. The third-order valence-electron chi connectivity index (χ3n) is 5.56. The number of alkyl halides is 3. The van der Waals surface area contributed by atoms with Gasteiger partial charge in [0.05, 0.1) is 16.9 Å². The lowest BCUT2D eigenvalue weighted by molar-refractivity contribution is -0.137. The number of hydrogen-bond donors (Lipinski definition) is 4. The van der Waals surface area contributed by atoms with Gasteiger partial charge < -0.3 is 20.4 Å². The molecule has 38 heavy (non-hydrogen) atoms. The van der Waals surface area contributed by atoms with Gasteiger partial charge in [-0.25, -0.2) is 14.5 Å². The number of nitrogens with one attached hydrogen (secondary N) is 3. The SMILES string of the molecule is N=c1c2c(=O)ccn(-c3ccc(NC(=O)Nc4cc(C(F)(F)F)ccc4-n4cccn4)cc3)c2ncn1O. The standard InChI is InChI=1S/C24H17F3N8O3/c25-24(26,27)14-2-7-18(34-10-1-9-30-34)17(12-14)32-23(37)31-15-3-5-16(6-4-15)33-11-8-19(36)20-21(28)35(38)13-29-22(20)33/h1-13,28,38H,(H2,31,32,37). The molecule has 2 amide bonds. The van der Waals surface area contributed by atoms with E-state index < -0.39 is 28.7 Å². The first-order valence-corrected chi connectivity index (χ1v) is 10.9. The van der Waals surface area contributed by atoms with Crippen molar-refractivity contribution in [1.29, 1.82) is 5.41 Å². The largest absolute Gasteiger partial charge is 0.425 e. The highest BCUT2D eigenvalue weighted by atomic mass is 19.4. The summed E-state index contributed by atoms with van der Waals surface area (Å²) in [4.78, 5) is 28.9. The number of pyridine rings is 1. The lowest BCUT2D eigenvalue weighted by atomic mass is 10.1. The molecule has 11 nitrogen and oxygen atoms in total. The summed E-state index contributed by atoms with van der Waals surface area (Å²) < 4.78 is 43.1. The normalized spacial score (nSPS) is 11.4. The second-order valence-corrected chi connectivity index (χ2v) is 7.99. The van der Waals surface area contributed by atoms with Crippen molar-refractivity contribution in [2.75, 3.05) is 10.6 Å². The van der Waals surface area contributed by atoms with E-state index in [1.807, 2.05) is 0 Å². The minimum Gasteiger partial charge on any atom is -0.425 e. The Bertz CT molecular complexity index is 1780. The summed E-state index contributed by atoms with van der Waals surface area (Å²) in [7, 11) is 0. The van der Waals surface area contributed by atoms with Crippen molar-refractivity contribution in [2.45, 2.75) is 6.18 Å². The van der Waals surface area contributed by atoms with Crippen LogP contribution in [0.2, 0.25) is 0 Å². The van der Waals surface area contributed by atoms with Gasteiger partial charge in [-0.05, 0) is 48.5 Å². The van der Waals surface area contributed by atoms with Gasteiger partial charge in [-0.3, -0.25) is 10.2 Å². The Morgan fingerprint density at radius 1 is 1.03 bits per heavy atom. The molecule has 3 aromatic heterocycles. The maximum absolute atomic E-state index is 13.3. The number of carbonyl (C=O) groups excluding carboxylic acids is 1. The van der Waals surface area contributed by atoms with E-state index in [1.165, 1.54) is 52.1 Å². The molecule has 0 unspecified atom stereocenters.